The molecular weight excluding hydrogens is 444 g/mol. The molecule has 0 amide bonds. The lowest BCUT2D eigenvalue weighted by atomic mass is 9.87. The van der Waals surface area contributed by atoms with E-state index in [0.717, 1.165) is 0 Å². The Labute approximate surface area is 196 Å². The maximum atomic E-state index is 13.5. The van der Waals surface area contributed by atoms with Crippen molar-refractivity contribution < 1.29 is 33.0 Å². The molecule has 0 radical (unpaired) electrons. The first-order valence-electron chi connectivity index (χ1n) is 10.7. The Morgan fingerprint density at radius 1 is 0.941 bits per heavy atom. The molecular formula is C26H25F2NO5. The van der Waals surface area contributed by atoms with Gasteiger partial charge in [-0.15, -0.1) is 0 Å². The Kier molecular flexibility index (Phi) is 7.94. The molecule has 0 spiro atoms. The van der Waals surface area contributed by atoms with E-state index < -0.39 is 47.1 Å². The topological polar surface area (TPSA) is 85.7 Å². The van der Waals surface area contributed by atoms with Gasteiger partial charge in [0.2, 0.25) is 0 Å². The van der Waals surface area contributed by atoms with Gasteiger partial charge in [-0.3, -0.25) is 9.59 Å². The fourth-order valence-electron chi connectivity index (χ4n) is 3.71. The number of Topliss-reactive ketones (excluding diaryl/α,β-unsaturated/α-hetero) is 1. The van der Waals surface area contributed by atoms with Crippen molar-refractivity contribution in [3.63, 3.8) is 0 Å². The van der Waals surface area contributed by atoms with Gasteiger partial charge in [-0.2, -0.15) is 0 Å². The van der Waals surface area contributed by atoms with Gasteiger partial charge in [0.15, 0.2) is 23.0 Å². The maximum absolute atomic E-state index is 13.5. The van der Waals surface area contributed by atoms with Crippen LogP contribution in [0, 0.1) is 17.6 Å². The van der Waals surface area contributed by atoms with Crippen molar-refractivity contribution in [2.24, 2.45) is 5.92 Å². The summed E-state index contributed by atoms with van der Waals surface area (Å²) in [6.45, 7) is 3.22. The van der Waals surface area contributed by atoms with Gasteiger partial charge in [0.25, 0.3) is 0 Å². The summed E-state index contributed by atoms with van der Waals surface area (Å²) in [5.74, 6) is -3.60. The van der Waals surface area contributed by atoms with Crippen LogP contribution < -0.4 is 4.74 Å². The minimum absolute atomic E-state index is 0.101. The number of nitrogens with zero attached hydrogens (tertiary/aromatic N) is 1. The van der Waals surface area contributed by atoms with Gasteiger partial charge in [0, 0.05) is 24.6 Å². The van der Waals surface area contributed by atoms with Crippen LogP contribution in [0.1, 0.15) is 47.8 Å². The lowest BCUT2D eigenvalue weighted by molar-refractivity contribution is -0.153. The van der Waals surface area contributed by atoms with Gasteiger partial charge in [-0.1, -0.05) is 31.2 Å². The zero-order valence-corrected chi connectivity index (χ0v) is 19.0. The number of aromatic hydroxyl groups is 1. The monoisotopic (exact) mass is 469 g/mol. The second-order valence-electron chi connectivity index (χ2n) is 7.96. The SMILES string of the molecule is COc1ccnc(C(=O)C[C@H](C)C(=O)O[C@@H](C)C(c2ccc(F)cc2)c2ccc(F)cc2)c1O. The second-order valence-corrected chi connectivity index (χ2v) is 7.96. The van der Waals surface area contributed by atoms with Crippen LogP contribution in [-0.4, -0.2) is 35.1 Å². The fourth-order valence-corrected chi connectivity index (χ4v) is 3.71. The number of methoxy groups -OCH3 is 1. The minimum atomic E-state index is -0.829. The zero-order chi connectivity index (χ0) is 24.8. The Bertz CT molecular complexity index is 1100. The van der Waals surface area contributed by atoms with E-state index in [9.17, 15) is 23.5 Å². The molecule has 3 aromatic rings. The number of ketones is 1. The molecule has 0 saturated carbocycles. The molecule has 0 bridgehead atoms. The van der Waals surface area contributed by atoms with E-state index in [0.29, 0.717) is 11.1 Å². The summed E-state index contributed by atoms with van der Waals surface area (Å²) in [7, 11) is 1.35. The second kappa shape index (κ2) is 10.9. The first kappa shape index (κ1) is 24.8. The predicted molar refractivity (Wildman–Crippen MR) is 121 cm³/mol. The van der Waals surface area contributed by atoms with E-state index in [4.69, 9.17) is 9.47 Å². The fraction of sp³-hybridized carbons (Fsp3) is 0.269. The van der Waals surface area contributed by atoms with E-state index in [-0.39, 0.29) is 17.9 Å². The first-order chi connectivity index (χ1) is 16.2. The Morgan fingerprint density at radius 2 is 1.47 bits per heavy atom. The van der Waals surface area contributed by atoms with E-state index in [2.05, 4.69) is 4.98 Å². The lowest BCUT2D eigenvalue weighted by Crippen LogP contribution is -2.28. The summed E-state index contributed by atoms with van der Waals surface area (Å²) in [5.41, 5.74) is 1.17. The molecule has 6 nitrogen and oxygen atoms in total. The molecule has 178 valence electrons. The van der Waals surface area contributed by atoms with Gasteiger partial charge in [-0.05, 0) is 42.3 Å². The van der Waals surface area contributed by atoms with Crippen molar-refractivity contribution in [1.82, 2.24) is 4.98 Å². The number of hydrogen-bond donors (Lipinski definition) is 1. The molecule has 34 heavy (non-hydrogen) atoms. The van der Waals surface area contributed by atoms with Gasteiger partial charge < -0.3 is 14.6 Å². The molecule has 0 unspecified atom stereocenters. The van der Waals surface area contributed by atoms with Gasteiger partial charge >= 0.3 is 5.97 Å². The van der Waals surface area contributed by atoms with Gasteiger partial charge in [0.1, 0.15) is 17.7 Å². The van der Waals surface area contributed by atoms with E-state index in [1.165, 1.54) is 50.6 Å². The van der Waals surface area contributed by atoms with E-state index in [1.807, 2.05) is 0 Å². The summed E-state index contributed by atoms with van der Waals surface area (Å²) in [5, 5.41) is 10.1. The summed E-state index contributed by atoms with van der Waals surface area (Å²) in [6, 6.07) is 12.9. The number of pyridine rings is 1. The number of ether oxygens (including phenoxy) is 2. The molecule has 1 heterocycles. The molecule has 0 aliphatic heterocycles. The minimum Gasteiger partial charge on any atom is -0.503 e. The van der Waals surface area contributed by atoms with Crippen molar-refractivity contribution in [2.75, 3.05) is 7.11 Å². The third-order valence-electron chi connectivity index (χ3n) is 5.49. The highest BCUT2D eigenvalue weighted by molar-refractivity contribution is 5.99. The van der Waals surface area contributed by atoms with Crippen LogP contribution in [-0.2, 0) is 9.53 Å². The number of aromatic nitrogens is 1. The molecule has 3 rings (SSSR count). The third-order valence-corrected chi connectivity index (χ3v) is 5.49. The lowest BCUT2D eigenvalue weighted by Gasteiger charge is -2.26. The highest BCUT2D eigenvalue weighted by Gasteiger charge is 2.29. The van der Waals surface area contributed by atoms with E-state index in [1.54, 1.807) is 31.2 Å². The molecule has 8 heteroatoms. The van der Waals surface area contributed by atoms with Gasteiger partial charge in [-0.25, -0.2) is 13.8 Å². The standard InChI is InChI=1S/C26H25F2NO5/c1-15(14-21(30)24-25(31)22(33-3)12-13-29-24)26(32)34-16(2)23(17-4-8-19(27)9-5-17)18-6-10-20(28)11-7-18/h4-13,15-16,23,31H,14H2,1-3H3/t15-,16-/m0/s1. The highest BCUT2D eigenvalue weighted by Crippen LogP contribution is 2.32. The average molecular weight is 469 g/mol. The summed E-state index contributed by atoms with van der Waals surface area (Å²) in [4.78, 5) is 29.3. The normalized spacial score (nSPS) is 12.8. The molecule has 0 aliphatic carbocycles. The van der Waals surface area contributed by atoms with E-state index >= 15 is 0 Å². The van der Waals surface area contributed by atoms with Crippen molar-refractivity contribution in [3.8, 4) is 11.5 Å². The maximum Gasteiger partial charge on any atom is 0.309 e. The average Bonchev–Trinajstić information content (AvgIpc) is 2.81. The largest absolute Gasteiger partial charge is 0.503 e. The van der Waals surface area contributed by atoms with Crippen LogP contribution in [0.4, 0.5) is 8.78 Å². The first-order valence-corrected chi connectivity index (χ1v) is 10.7. The molecule has 0 saturated heterocycles. The molecule has 2 atom stereocenters. The molecule has 1 aromatic heterocycles. The number of halogens is 2. The molecule has 2 aromatic carbocycles. The number of benzene rings is 2. The number of esters is 1. The number of carbonyl (C=O) groups excluding carboxylic acids is 2. The Morgan fingerprint density at radius 3 is 1.97 bits per heavy atom. The molecule has 0 fully saturated rings. The number of rotatable bonds is 9. The molecule has 0 aliphatic rings. The Balaban J connectivity index is 1.76. The van der Waals surface area contributed by atoms with Crippen LogP contribution in [0.15, 0.2) is 60.8 Å². The summed E-state index contributed by atoms with van der Waals surface area (Å²) >= 11 is 0. The quantitative estimate of drug-likeness (QED) is 0.349. The van der Waals surface area contributed by atoms with Crippen molar-refractivity contribution in [3.05, 3.63) is 89.2 Å². The molecule has 1 N–H and O–H groups in total. The van der Waals surface area contributed by atoms with Crippen LogP contribution in [0.5, 0.6) is 11.5 Å². The summed E-state index contributed by atoms with van der Waals surface area (Å²) in [6.07, 6.45) is 0.383. The van der Waals surface area contributed by atoms with Crippen molar-refractivity contribution in [1.29, 1.82) is 0 Å². The van der Waals surface area contributed by atoms with Crippen LogP contribution >= 0.6 is 0 Å². The van der Waals surface area contributed by atoms with Crippen molar-refractivity contribution in [2.45, 2.75) is 32.3 Å². The van der Waals surface area contributed by atoms with Crippen LogP contribution in [0.2, 0.25) is 0 Å². The zero-order valence-electron chi connectivity index (χ0n) is 19.0. The Hall–Kier alpha value is -3.81. The number of hydrogen-bond acceptors (Lipinski definition) is 6. The summed E-state index contributed by atoms with van der Waals surface area (Å²) < 4.78 is 37.6. The van der Waals surface area contributed by atoms with Crippen LogP contribution in [0.25, 0.3) is 0 Å². The van der Waals surface area contributed by atoms with Crippen LogP contribution in [0.3, 0.4) is 0 Å². The smallest absolute Gasteiger partial charge is 0.309 e. The third kappa shape index (κ3) is 5.75. The highest BCUT2D eigenvalue weighted by atomic mass is 19.1. The van der Waals surface area contributed by atoms with Gasteiger partial charge in [0.05, 0.1) is 13.0 Å². The van der Waals surface area contributed by atoms with Crippen molar-refractivity contribution >= 4 is 11.8 Å². The number of carbonyl (C=O) groups is 2. The predicted octanol–water partition coefficient (Wildman–Crippen LogP) is 5.05.